The molecule has 0 atom stereocenters. The molecule has 1 aromatic rings. The molecule has 5 heteroatoms. The molecule has 1 aromatic carbocycles. The summed E-state index contributed by atoms with van der Waals surface area (Å²) in [5, 5.41) is 0.815. The zero-order chi connectivity index (χ0) is 12.7. The molecule has 17 heavy (non-hydrogen) atoms. The van der Waals surface area contributed by atoms with Crippen LogP contribution in [0.1, 0.15) is 5.56 Å². The van der Waals surface area contributed by atoms with E-state index in [0.717, 1.165) is 21.1 Å². The van der Waals surface area contributed by atoms with Crippen LogP contribution < -0.4 is 10.5 Å². The summed E-state index contributed by atoms with van der Waals surface area (Å²) in [6, 6.07) is 7.63. The van der Waals surface area contributed by atoms with Gasteiger partial charge < -0.3 is 10.5 Å². The quantitative estimate of drug-likeness (QED) is 0.646. The van der Waals surface area contributed by atoms with Crippen molar-refractivity contribution in [2.75, 3.05) is 19.0 Å². The van der Waals surface area contributed by atoms with Crippen LogP contribution >= 0.6 is 31.9 Å². The van der Waals surface area contributed by atoms with Crippen molar-refractivity contribution in [1.82, 2.24) is 0 Å². The summed E-state index contributed by atoms with van der Waals surface area (Å²) >= 11 is 6.68. The first-order chi connectivity index (χ1) is 8.19. The van der Waals surface area contributed by atoms with Crippen molar-refractivity contribution < 1.29 is 4.74 Å². The minimum Gasteiger partial charge on any atom is -0.493 e. The van der Waals surface area contributed by atoms with Gasteiger partial charge in [-0.1, -0.05) is 15.9 Å². The van der Waals surface area contributed by atoms with E-state index in [9.17, 15) is 0 Å². The van der Waals surface area contributed by atoms with E-state index in [1.165, 1.54) is 0 Å². The number of alkyl halides is 1. The van der Waals surface area contributed by atoms with Crippen LogP contribution in [0, 0.1) is 0 Å². The third kappa shape index (κ3) is 4.52. The summed E-state index contributed by atoms with van der Waals surface area (Å²) in [5.74, 6) is 0.835. The molecule has 0 saturated carbocycles. The Kier molecular flexibility index (Phi) is 6.29. The summed E-state index contributed by atoms with van der Waals surface area (Å²) in [7, 11) is 1.70. The second-order valence-corrected chi connectivity index (χ2v) is 4.86. The van der Waals surface area contributed by atoms with Crippen LogP contribution in [0.25, 0.3) is 5.70 Å². The van der Waals surface area contributed by atoms with Crippen LogP contribution in [-0.4, -0.2) is 25.2 Å². The Morgan fingerprint density at radius 1 is 1.41 bits per heavy atom. The molecule has 2 N–H and O–H groups in total. The molecule has 92 valence electrons. The lowest BCUT2D eigenvalue weighted by Crippen LogP contribution is -2.01. The van der Waals surface area contributed by atoms with Crippen LogP contribution in [0.2, 0.25) is 0 Å². The Labute approximate surface area is 118 Å². The van der Waals surface area contributed by atoms with Crippen LogP contribution in [-0.2, 0) is 0 Å². The number of hydrogen-bond acceptors (Lipinski definition) is 3. The smallest absolute Gasteiger partial charge is 0.119 e. The third-order valence-corrected chi connectivity index (χ3v) is 2.97. The average Bonchev–Trinajstić information content (AvgIpc) is 2.36. The first-order valence-corrected chi connectivity index (χ1v) is 6.97. The fraction of sp³-hybridized carbons (Fsp3) is 0.250. The van der Waals surface area contributed by atoms with Crippen LogP contribution in [0.15, 0.2) is 33.7 Å². The van der Waals surface area contributed by atoms with Crippen molar-refractivity contribution >= 4 is 43.8 Å². The van der Waals surface area contributed by atoms with Gasteiger partial charge in [0, 0.05) is 18.6 Å². The van der Waals surface area contributed by atoms with Crippen molar-refractivity contribution in [1.29, 1.82) is 0 Å². The standard InChI is InChI=1S/C12H14Br2N2O/c1-16-8-11(14)12(15)9-2-4-10(5-3-9)17-7-6-13/h2-5,8H,6-7,15H2,1H3. The summed E-state index contributed by atoms with van der Waals surface area (Å²) in [4.78, 5) is 3.90. The molecule has 0 aliphatic heterocycles. The van der Waals surface area contributed by atoms with Crippen LogP contribution in [0.4, 0.5) is 0 Å². The van der Waals surface area contributed by atoms with Gasteiger partial charge in [-0.2, -0.15) is 0 Å². The molecule has 0 bridgehead atoms. The first kappa shape index (κ1) is 14.3. The molecule has 0 aliphatic carbocycles. The predicted molar refractivity (Wildman–Crippen MR) is 80.2 cm³/mol. The number of hydrogen-bond donors (Lipinski definition) is 1. The minimum atomic E-state index is 0.650. The molecule has 0 amide bonds. The van der Waals surface area contributed by atoms with Gasteiger partial charge in [0.1, 0.15) is 5.75 Å². The average molecular weight is 362 g/mol. The molecule has 0 fully saturated rings. The topological polar surface area (TPSA) is 47.6 Å². The molecular weight excluding hydrogens is 348 g/mol. The molecule has 0 radical (unpaired) electrons. The second kappa shape index (κ2) is 7.50. The number of rotatable bonds is 5. The Morgan fingerprint density at radius 2 is 2.06 bits per heavy atom. The van der Waals surface area contributed by atoms with Crippen molar-refractivity contribution in [2.24, 2.45) is 10.7 Å². The molecule has 0 heterocycles. The van der Waals surface area contributed by atoms with Gasteiger partial charge in [0.05, 0.1) is 16.8 Å². The monoisotopic (exact) mass is 360 g/mol. The summed E-state index contributed by atoms with van der Waals surface area (Å²) in [6.45, 7) is 0.650. The first-order valence-electron chi connectivity index (χ1n) is 5.05. The Hall–Kier alpha value is -0.810. The van der Waals surface area contributed by atoms with Gasteiger partial charge in [-0.25, -0.2) is 0 Å². The number of ether oxygens (including phenoxy) is 1. The molecule has 0 aromatic heterocycles. The highest BCUT2D eigenvalue weighted by Gasteiger charge is 2.02. The third-order valence-electron chi connectivity index (χ3n) is 2.01. The number of nitrogens with two attached hydrogens (primary N) is 1. The zero-order valence-electron chi connectivity index (χ0n) is 9.49. The zero-order valence-corrected chi connectivity index (χ0v) is 12.7. The van der Waals surface area contributed by atoms with Gasteiger partial charge in [-0.3, -0.25) is 4.99 Å². The molecule has 0 saturated heterocycles. The van der Waals surface area contributed by atoms with Crippen molar-refractivity contribution in [3.63, 3.8) is 0 Å². The van der Waals surface area contributed by atoms with Gasteiger partial charge in [0.2, 0.25) is 0 Å². The maximum atomic E-state index is 5.97. The molecule has 0 aliphatic rings. The maximum absolute atomic E-state index is 5.97. The maximum Gasteiger partial charge on any atom is 0.119 e. The van der Waals surface area contributed by atoms with E-state index in [-0.39, 0.29) is 0 Å². The molecule has 1 rings (SSSR count). The highest BCUT2D eigenvalue weighted by molar-refractivity contribution is 9.12. The number of aliphatic imine (C=N–C) groups is 1. The van der Waals surface area contributed by atoms with E-state index in [0.29, 0.717) is 12.3 Å². The van der Waals surface area contributed by atoms with E-state index in [4.69, 9.17) is 10.5 Å². The molecular formula is C12H14Br2N2O. The number of benzene rings is 1. The Morgan fingerprint density at radius 3 is 2.59 bits per heavy atom. The van der Waals surface area contributed by atoms with Crippen molar-refractivity contribution in [2.45, 2.75) is 0 Å². The van der Waals surface area contributed by atoms with Gasteiger partial charge in [0.25, 0.3) is 0 Å². The summed E-state index contributed by atoms with van der Waals surface area (Å²) in [5.41, 5.74) is 7.56. The van der Waals surface area contributed by atoms with E-state index < -0.39 is 0 Å². The van der Waals surface area contributed by atoms with E-state index in [1.54, 1.807) is 13.3 Å². The van der Waals surface area contributed by atoms with Gasteiger partial charge in [-0.05, 0) is 45.8 Å². The highest BCUT2D eigenvalue weighted by Crippen LogP contribution is 2.20. The molecule has 0 spiro atoms. The van der Waals surface area contributed by atoms with Crippen molar-refractivity contribution in [3.8, 4) is 5.75 Å². The van der Waals surface area contributed by atoms with Gasteiger partial charge in [0.15, 0.2) is 0 Å². The Bertz CT molecular complexity index is 413. The van der Waals surface area contributed by atoms with E-state index in [1.807, 2.05) is 24.3 Å². The van der Waals surface area contributed by atoms with E-state index >= 15 is 0 Å². The summed E-state index contributed by atoms with van der Waals surface area (Å²) in [6.07, 6.45) is 1.67. The fourth-order valence-electron chi connectivity index (χ4n) is 1.21. The number of allylic oxidation sites excluding steroid dienone is 1. The van der Waals surface area contributed by atoms with Crippen LogP contribution in [0.5, 0.6) is 5.75 Å². The lowest BCUT2D eigenvalue weighted by atomic mass is 10.1. The normalized spacial score (nSPS) is 12.6. The fourth-order valence-corrected chi connectivity index (χ4v) is 1.80. The summed E-state index contributed by atoms with van der Waals surface area (Å²) < 4.78 is 6.23. The largest absolute Gasteiger partial charge is 0.493 e. The lowest BCUT2D eigenvalue weighted by Gasteiger charge is -2.06. The second-order valence-electron chi connectivity index (χ2n) is 3.21. The molecule has 3 nitrogen and oxygen atoms in total. The van der Waals surface area contributed by atoms with Gasteiger partial charge in [-0.15, -0.1) is 0 Å². The van der Waals surface area contributed by atoms with Crippen LogP contribution in [0.3, 0.4) is 0 Å². The molecule has 0 unspecified atom stereocenters. The predicted octanol–water partition coefficient (Wildman–Crippen LogP) is 3.18. The van der Waals surface area contributed by atoms with Gasteiger partial charge >= 0.3 is 0 Å². The van der Waals surface area contributed by atoms with Crippen molar-refractivity contribution in [3.05, 3.63) is 34.3 Å². The minimum absolute atomic E-state index is 0.650. The number of nitrogens with zero attached hydrogens (tertiary/aromatic N) is 1. The lowest BCUT2D eigenvalue weighted by molar-refractivity contribution is 0.345. The SMILES string of the molecule is CN=CC(Br)=C(N)c1ccc(OCCBr)cc1. The number of halogens is 2. The highest BCUT2D eigenvalue weighted by atomic mass is 79.9. The Balaban J connectivity index is 2.83. The van der Waals surface area contributed by atoms with E-state index in [2.05, 4.69) is 36.9 Å².